The van der Waals surface area contributed by atoms with Gasteiger partial charge in [-0.3, -0.25) is 4.98 Å². The van der Waals surface area contributed by atoms with Gasteiger partial charge < -0.3 is 19.5 Å². The maximum absolute atomic E-state index is 6.63. The van der Waals surface area contributed by atoms with E-state index < -0.39 is 6.10 Å². The van der Waals surface area contributed by atoms with Crippen molar-refractivity contribution in [3.8, 4) is 17.2 Å². The molecule has 2 aromatic carbocycles. The number of nitrogens with one attached hydrogen (secondary N) is 1. The summed E-state index contributed by atoms with van der Waals surface area (Å²) in [6, 6.07) is 17.6. The number of nitrogens with zero attached hydrogens (tertiary/aromatic N) is 4. The van der Waals surface area contributed by atoms with Gasteiger partial charge >= 0.3 is 0 Å². The molecule has 0 aliphatic carbocycles. The van der Waals surface area contributed by atoms with Gasteiger partial charge in [-0.15, -0.1) is 0 Å². The minimum Gasteiger partial charge on any atom is -0.493 e. The molecule has 4 heterocycles. The van der Waals surface area contributed by atoms with Crippen LogP contribution in [0.15, 0.2) is 78.9 Å². The molecule has 0 saturated heterocycles. The lowest BCUT2D eigenvalue weighted by Crippen LogP contribution is -2.32. The van der Waals surface area contributed by atoms with Crippen molar-refractivity contribution in [3.05, 3.63) is 95.6 Å². The summed E-state index contributed by atoms with van der Waals surface area (Å²) in [5, 5.41) is 8.03. The van der Waals surface area contributed by atoms with Crippen LogP contribution in [0.25, 0.3) is 5.70 Å². The lowest BCUT2D eigenvalue weighted by molar-refractivity contribution is 0.222. The molecular formula is C25H21N5O3. The molecule has 2 aliphatic rings. The number of aromatic nitrogens is 4. The zero-order chi connectivity index (χ0) is 22.4. The van der Waals surface area contributed by atoms with Crippen molar-refractivity contribution in [2.24, 2.45) is 0 Å². The Balaban J connectivity index is 1.60. The van der Waals surface area contributed by atoms with Gasteiger partial charge in [0.25, 0.3) is 0 Å². The van der Waals surface area contributed by atoms with Crippen LogP contribution in [-0.2, 0) is 0 Å². The van der Waals surface area contributed by atoms with Gasteiger partial charge in [0.2, 0.25) is 5.95 Å². The Kier molecular flexibility index (Phi) is 4.50. The van der Waals surface area contributed by atoms with Gasteiger partial charge in [-0.25, -0.2) is 4.68 Å². The van der Waals surface area contributed by atoms with Crippen molar-refractivity contribution in [1.82, 2.24) is 19.7 Å². The van der Waals surface area contributed by atoms with Crippen molar-refractivity contribution in [3.63, 3.8) is 0 Å². The summed E-state index contributed by atoms with van der Waals surface area (Å²) in [5.74, 6) is 2.77. The van der Waals surface area contributed by atoms with Crippen LogP contribution >= 0.6 is 0 Å². The highest BCUT2D eigenvalue weighted by Gasteiger charge is 2.41. The van der Waals surface area contributed by atoms with E-state index in [1.165, 1.54) is 0 Å². The van der Waals surface area contributed by atoms with Crippen LogP contribution in [0.4, 0.5) is 5.95 Å². The monoisotopic (exact) mass is 439 g/mol. The van der Waals surface area contributed by atoms with Crippen molar-refractivity contribution in [2.75, 3.05) is 19.5 Å². The molecule has 0 bridgehead atoms. The number of rotatable bonds is 4. The molecule has 2 aromatic heterocycles. The Morgan fingerprint density at radius 3 is 2.67 bits per heavy atom. The van der Waals surface area contributed by atoms with Gasteiger partial charge in [-0.05, 0) is 35.9 Å². The van der Waals surface area contributed by atoms with Crippen LogP contribution in [0, 0.1) is 0 Å². The van der Waals surface area contributed by atoms with E-state index in [1.54, 1.807) is 26.7 Å². The Morgan fingerprint density at radius 2 is 1.85 bits per heavy atom. The Morgan fingerprint density at radius 1 is 0.970 bits per heavy atom. The zero-order valence-corrected chi connectivity index (χ0v) is 18.1. The predicted molar refractivity (Wildman–Crippen MR) is 122 cm³/mol. The fraction of sp³-hybridized carbons (Fsp3) is 0.160. The zero-order valence-electron chi connectivity index (χ0n) is 18.1. The number of hydrogen-bond acceptors (Lipinski definition) is 7. The van der Waals surface area contributed by atoms with E-state index >= 15 is 0 Å². The molecule has 0 unspecified atom stereocenters. The van der Waals surface area contributed by atoms with Crippen molar-refractivity contribution < 1.29 is 14.2 Å². The molecule has 2 atom stereocenters. The van der Waals surface area contributed by atoms with Gasteiger partial charge in [0, 0.05) is 29.1 Å². The van der Waals surface area contributed by atoms with Crippen LogP contribution in [0.5, 0.6) is 17.2 Å². The molecule has 2 aliphatic heterocycles. The van der Waals surface area contributed by atoms with E-state index in [0.717, 1.165) is 33.7 Å². The third kappa shape index (κ3) is 3.02. The SMILES string of the molecule is COc1ccc([C@@H]2Oc3ccccc3C3=C2[C@@H](c2cccnc2)n2ncnc2N3)cc1OC. The number of benzene rings is 2. The van der Waals surface area contributed by atoms with Gasteiger partial charge in [0.05, 0.1) is 19.9 Å². The number of ether oxygens (including phenoxy) is 3. The fourth-order valence-electron chi connectivity index (χ4n) is 4.57. The van der Waals surface area contributed by atoms with Crippen molar-refractivity contribution in [1.29, 1.82) is 0 Å². The molecule has 0 radical (unpaired) electrons. The summed E-state index contributed by atoms with van der Waals surface area (Å²) >= 11 is 0. The molecule has 0 fully saturated rings. The second-order valence-corrected chi connectivity index (χ2v) is 7.78. The topological polar surface area (TPSA) is 83.3 Å². The first-order valence-corrected chi connectivity index (χ1v) is 10.6. The summed E-state index contributed by atoms with van der Waals surface area (Å²) in [6.07, 6.45) is 4.78. The molecule has 0 spiro atoms. The molecular weight excluding hydrogens is 418 g/mol. The van der Waals surface area contributed by atoms with Gasteiger partial charge in [-0.1, -0.05) is 24.3 Å². The molecule has 8 nitrogen and oxygen atoms in total. The minimum absolute atomic E-state index is 0.251. The second kappa shape index (κ2) is 7.67. The lowest BCUT2D eigenvalue weighted by Gasteiger charge is -2.38. The minimum atomic E-state index is -0.398. The van der Waals surface area contributed by atoms with Gasteiger partial charge in [-0.2, -0.15) is 10.1 Å². The third-order valence-electron chi connectivity index (χ3n) is 6.03. The standard InChI is InChI=1S/C25H21N5O3/c1-31-19-10-9-15(12-20(19)32-2)24-21-22(17-7-3-4-8-18(17)33-24)29-25-27-14-28-30(25)23(21)16-6-5-11-26-13-16/h3-14,23-24H,1-2H3,(H,27,28,29)/t23-,24+/m1/s1. The molecule has 6 rings (SSSR count). The van der Waals surface area contributed by atoms with Crippen LogP contribution in [0.2, 0.25) is 0 Å². The van der Waals surface area contributed by atoms with Crippen molar-refractivity contribution >= 4 is 11.6 Å². The number of fused-ring (bicyclic) bond motifs is 3. The highest BCUT2D eigenvalue weighted by molar-refractivity contribution is 5.85. The second-order valence-electron chi connectivity index (χ2n) is 7.78. The average molecular weight is 439 g/mol. The molecule has 1 N–H and O–H groups in total. The van der Waals surface area contributed by atoms with Crippen LogP contribution in [0.3, 0.4) is 0 Å². The first kappa shape index (κ1) is 19.4. The summed E-state index contributed by atoms with van der Waals surface area (Å²) in [5.41, 5.74) is 4.89. The van der Waals surface area contributed by atoms with Gasteiger partial charge in [0.1, 0.15) is 24.2 Å². The Bertz CT molecular complexity index is 1370. The molecule has 4 aromatic rings. The van der Waals surface area contributed by atoms with E-state index in [2.05, 4.69) is 26.4 Å². The van der Waals surface area contributed by atoms with Gasteiger partial charge in [0.15, 0.2) is 11.5 Å². The van der Waals surface area contributed by atoms with E-state index in [1.807, 2.05) is 59.4 Å². The highest BCUT2D eigenvalue weighted by atomic mass is 16.5. The smallest absolute Gasteiger partial charge is 0.226 e. The fourth-order valence-corrected chi connectivity index (χ4v) is 4.57. The maximum Gasteiger partial charge on any atom is 0.226 e. The van der Waals surface area contributed by atoms with E-state index in [0.29, 0.717) is 17.4 Å². The Hall–Kier alpha value is -4.33. The third-order valence-corrected chi connectivity index (χ3v) is 6.03. The quantitative estimate of drug-likeness (QED) is 0.509. The average Bonchev–Trinajstić information content (AvgIpc) is 3.35. The van der Waals surface area contributed by atoms with Crippen LogP contribution in [0.1, 0.15) is 28.8 Å². The first-order valence-electron chi connectivity index (χ1n) is 10.6. The number of hydrogen-bond donors (Lipinski definition) is 1. The summed E-state index contributed by atoms with van der Waals surface area (Å²) < 4.78 is 19.5. The summed E-state index contributed by atoms with van der Waals surface area (Å²) in [4.78, 5) is 8.82. The van der Waals surface area contributed by atoms with E-state index in [4.69, 9.17) is 14.2 Å². The van der Waals surface area contributed by atoms with Crippen LogP contribution in [-0.4, -0.2) is 34.0 Å². The predicted octanol–water partition coefficient (Wildman–Crippen LogP) is 4.25. The molecule has 8 heteroatoms. The molecule has 0 saturated carbocycles. The van der Waals surface area contributed by atoms with Crippen molar-refractivity contribution in [2.45, 2.75) is 12.1 Å². The van der Waals surface area contributed by atoms with E-state index in [-0.39, 0.29) is 6.04 Å². The lowest BCUT2D eigenvalue weighted by atomic mass is 9.85. The molecule has 164 valence electrons. The number of methoxy groups -OCH3 is 2. The number of anilines is 1. The number of pyridine rings is 1. The normalized spacial score (nSPS) is 18.4. The molecule has 33 heavy (non-hydrogen) atoms. The van der Waals surface area contributed by atoms with Crippen LogP contribution < -0.4 is 19.5 Å². The maximum atomic E-state index is 6.63. The largest absolute Gasteiger partial charge is 0.493 e. The number of para-hydroxylation sites is 1. The first-order chi connectivity index (χ1) is 16.3. The Labute approximate surface area is 190 Å². The molecule has 0 amide bonds. The summed E-state index contributed by atoms with van der Waals surface area (Å²) in [7, 11) is 3.26. The highest BCUT2D eigenvalue weighted by Crippen LogP contribution is 2.51. The van der Waals surface area contributed by atoms with E-state index in [9.17, 15) is 0 Å². The summed E-state index contributed by atoms with van der Waals surface area (Å²) in [6.45, 7) is 0.